The van der Waals surface area contributed by atoms with Crippen LogP contribution < -0.4 is 11.1 Å². The van der Waals surface area contributed by atoms with Gasteiger partial charge in [0.15, 0.2) is 0 Å². The number of nitrogens with zero attached hydrogens (tertiary/aromatic N) is 1. The number of hydrogen-bond acceptors (Lipinski definition) is 3. The Bertz CT molecular complexity index is 355. The molecule has 0 saturated carbocycles. The second-order valence-corrected chi connectivity index (χ2v) is 4.37. The summed E-state index contributed by atoms with van der Waals surface area (Å²) in [6, 6.07) is 5.38. The van der Waals surface area contributed by atoms with E-state index in [1.807, 2.05) is 0 Å². The summed E-state index contributed by atoms with van der Waals surface area (Å²) in [4.78, 5) is 2.27. The highest BCUT2D eigenvalue weighted by Gasteiger charge is 2.07. The quantitative estimate of drug-likeness (QED) is 0.750. The van der Waals surface area contributed by atoms with Crippen molar-refractivity contribution in [1.82, 2.24) is 4.90 Å². The van der Waals surface area contributed by atoms with E-state index >= 15 is 0 Å². The Morgan fingerprint density at radius 3 is 2.82 bits per heavy atom. The van der Waals surface area contributed by atoms with Crippen LogP contribution in [0.5, 0.6) is 0 Å². The van der Waals surface area contributed by atoms with E-state index in [2.05, 4.69) is 31.1 Å². The van der Waals surface area contributed by atoms with Crippen LogP contribution in [0.1, 0.15) is 20.3 Å². The normalized spacial score (nSPS) is 12.8. The third-order valence-corrected chi connectivity index (χ3v) is 3.18. The largest absolute Gasteiger partial charge is 0.395 e. The molecule has 0 aliphatic carbocycles. The zero-order chi connectivity index (χ0) is 12.8. The molecule has 0 radical (unpaired) electrons. The molecule has 0 spiro atoms. The van der Waals surface area contributed by atoms with Crippen molar-refractivity contribution < 1.29 is 4.39 Å². The molecule has 4 heteroatoms. The Hall–Kier alpha value is -1.29. The molecule has 1 unspecified atom stereocenters. The number of nitrogens with one attached hydrogen (secondary N) is 1. The molecule has 1 atom stereocenters. The lowest BCUT2D eigenvalue weighted by atomic mass is 10.2. The highest BCUT2D eigenvalue weighted by Crippen LogP contribution is 2.20. The molecule has 3 N–H and O–H groups in total. The molecule has 0 aromatic heterocycles. The van der Waals surface area contributed by atoms with E-state index in [-0.39, 0.29) is 11.5 Å². The minimum atomic E-state index is -0.370. The van der Waals surface area contributed by atoms with Crippen LogP contribution in [0.25, 0.3) is 0 Å². The lowest BCUT2D eigenvalue weighted by Gasteiger charge is -2.23. The molecule has 3 nitrogen and oxygen atoms in total. The molecule has 0 amide bonds. The predicted octanol–water partition coefficient (Wildman–Crippen LogP) is 2.55. The monoisotopic (exact) mass is 239 g/mol. The average molecular weight is 239 g/mol. The third-order valence-electron chi connectivity index (χ3n) is 3.18. The van der Waals surface area contributed by atoms with E-state index in [1.165, 1.54) is 6.07 Å². The molecule has 0 saturated heterocycles. The van der Waals surface area contributed by atoms with Crippen LogP contribution >= 0.6 is 0 Å². The van der Waals surface area contributed by atoms with Gasteiger partial charge in [-0.1, -0.05) is 13.0 Å². The minimum absolute atomic E-state index is 0.193. The Kier molecular flexibility index (Phi) is 5.22. The second-order valence-electron chi connectivity index (χ2n) is 4.37. The minimum Gasteiger partial charge on any atom is -0.395 e. The molecule has 0 bridgehead atoms. The van der Waals surface area contributed by atoms with Gasteiger partial charge in [-0.2, -0.15) is 0 Å². The molecule has 0 fully saturated rings. The number of rotatable bonds is 6. The summed E-state index contributed by atoms with van der Waals surface area (Å²) >= 11 is 0. The zero-order valence-corrected chi connectivity index (χ0v) is 10.8. The maximum absolute atomic E-state index is 13.2. The Morgan fingerprint density at radius 2 is 2.18 bits per heavy atom. The van der Waals surface area contributed by atoms with Gasteiger partial charge in [-0.3, -0.25) is 0 Å². The third kappa shape index (κ3) is 3.89. The van der Waals surface area contributed by atoms with E-state index in [4.69, 9.17) is 5.73 Å². The first-order valence-electron chi connectivity index (χ1n) is 6.04. The van der Waals surface area contributed by atoms with Gasteiger partial charge in [-0.25, -0.2) is 4.39 Å². The maximum Gasteiger partial charge on any atom is 0.148 e. The number of hydrogen-bond donors (Lipinski definition) is 2. The number of likely N-dealkylation sites (N-methyl/N-ethyl adjacent to an activating group) is 1. The summed E-state index contributed by atoms with van der Waals surface area (Å²) in [5, 5.41) is 3.16. The Labute approximate surface area is 103 Å². The van der Waals surface area contributed by atoms with Crippen molar-refractivity contribution in [2.75, 3.05) is 31.2 Å². The fourth-order valence-corrected chi connectivity index (χ4v) is 1.59. The van der Waals surface area contributed by atoms with Crippen LogP contribution in [0.4, 0.5) is 15.8 Å². The number of halogens is 1. The number of para-hydroxylation sites is 1. The summed E-state index contributed by atoms with van der Waals surface area (Å²) in [6.07, 6.45) is 1.12. The standard InChI is InChI=1S/C13H22FN3/c1-4-10(2)17(3)9-8-16-12-7-5-6-11(14)13(12)15/h5-7,10,16H,4,8-9,15H2,1-3H3. The highest BCUT2D eigenvalue weighted by molar-refractivity contribution is 5.66. The second kappa shape index (κ2) is 6.45. The first-order valence-corrected chi connectivity index (χ1v) is 6.04. The molecular formula is C13H22FN3. The van der Waals surface area contributed by atoms with Crippen LogP contribution in [-0.2, 0) is 0 Å². The van der Waals surface area contributed by atoms with E-state index in [0.29, 0.717) is 11.7 Å². The van der Waals surface area contributed by atoms with Crippen LogP contribution in [0, 0.1) is 5.82 Å². The number of nitrogen functional groups attached to an aromatic ring is 1. The molecule has 1 rings (SSSR count). The average Bonchev–Trinajstić information content (AvgIpc) is 2.33. The molecule has 0 heterocycles. The van der Waals surface area contributed by atoms with E-state index in [0.717, 1.165) is 19.5 Å². The van der Waals surface area contributed by atoms with Crippen LogP contribution in [0.2, 0.25) is 0 Å². The Morgan fingerprint density at radius 1 is 1.47 bits per heavy atom. The maximum atomic E-state index is 13.2. The van der Waals surface area contributed by atoms with E-state index in [1.54, 1.807) is 12.1 Å². The summed E-state index contributed by atoms with van der Waals surface area (Å²) in [6.45, 7) is 6.02. The molecule has 0 aliphatic heterocycles. The number of benzene rings is 1. The summed E-state index contributed by atoms with van der Waals surface area (Å²) < 4.78 is 13.2. The number of anilines is 2. The van der Waals surface area contributed by atoms with Crippen molar-refractivity contribution in [3.63, 3.8) is 0 Å². The van der Waals surface area contributed by atoms with Crippen LogP contribution in [0.3, 0.4) is 0 Å². The van der Waals surface area contributed by atoms with Crippen molar-refractivity contribution >= 4 is 11.4 Å². The molecule has 1 aromatic rings. The highest BCUT2D eigenvalue weighted by atomic mass is 19.1. The van der Waals surface area contributed by atoms with E-state index in [9.17, 15) is 4.39 Å². The summed E-state index contributed by atoms with van der Waals surface area (Å²) in [5.41, 5.74) is 6.50. The van der Waals surface area contributed by atoms with Gasteiger partial charge in [0, 0.05) is 19.1 Å². The molecule has 1 aromatic carbocycles. The summed E-state index contributed by atoms with van der Waals surface area (Å²) in [7, 11) is 2.09. The topological polar surface area (TPSA) is 41.3 Å². The molecule has 96 valence electrons. The van der Waals surface area contributed by atoms with Gasteiger partial charge in [-0.15, -0.1) is 0 Å². The molecule has 0 aliphatic rings. The Balaban J connectivity index is 2.43. The van der Waals surface area contributed by atoms with Crippen LogP contribution in [-0.4, -0.2) is 31.1 Å². The van der Waals surface area contributed by atoms with Crippen LogP contribution in [0.15, 0.2) is 18.2 Å². The van der Waals surface area contributed by atoms with Gasteiger partial charge in [0.25, 0.3) is 0 Å². The van der Waals surface area contributed by atoms with E-state index < -0.39 is 0 Å². The summed E-state index contributed by atoms with van der Waals surface area (Å²) in [5.74, 6) is -0.370. The fourth-order valence-electron chi connectivity index (χ4n) is 1.59. The van der Waals surface area contributed by atoms with Gasteiger partial charge in [0.05, 0.1) is 11.4 Å². The molecule has 17 heavy (non-hydrogen) atoms. The predicted molar refractivity (Wildman–Crippen MR) is 71.7 cm³/mol. The first-order chi connectivity index (χ1) is 8.06. The number of nitrogens with two attached hydrogens (primary N) is 1. The van der Waals surface area contributed by atoms with Crippen molar-refractivity contribution in [2.24, 2.45) is 0 Å². The van der Waals surface area contributed by atoms with Gasteiger partial charge in [-0.05, 0) is 32.5 Å². The molecular weight excluding hydrogens is 217 g/mol. The van der Waals surface area contributed by atoms with Gasteiger partial charge >= 0.3 is 0 Å². The van der Waals surface area contributed by atoms with Gasteiger partial charge in [0.1, 0.15) is 5.82 Å². The van der Waals surface area contributed by atoms with Crippen molar-refractivity contribution in [1.29, 1.82) is 0 Å². The zero-order valence-electron chi connectivity index (χ0n) is 10.8. The van der Waals surface area contributed by atoms with Gasteiger partial charge < -0.3 is 16.0 Å². The van der Waals surface area contributed by atoms with Crippen molar-refractivity contribution in [3.05, 3.63) is 24.0 Å². The fraction of sp³-hybridized carbons (Fsp3) is 0.538. The lowest BCUT2D eigenvalue weighted by Crippen LogP contribution is -2.32. The smallest absolute Gasteiger partial charge is 0.148 e. The lowest BCUT2D eigenvalue weighted by molar-refractivity contribution is 0.261. The van der Waals surface area contributed by atoms with Gasteiger partial charge in [0.2, 0.25) is 0 Å². The SMILES string of the molecule is CCC(C)N(C)CCNc1cccc(F)c1N. The van der Waals surface area contributed by atoms with Crippen molar-refractivity contribution in [2.45, 2.75) is 26.3 Å². The first kappa shape index (κ1) is 13.8. The van der Waals surface area contributed by atoms with Crippen molar-refractivity contribution in [3.8, 4) is 0 Å².